The molecule has 2 amide bonds. The van der Waals surface area contributed by atoms with Crippen molar-refractivity contribution in [1.29, 1.82) is 0 Å². The second kappa shape index (κ2) is 6.90. The van der Waals surface area contributed by atoms with Crippen LogP contribution >= 0.6 is 23.1 Å². The van der Waals surface area contributed by atoms with Crippen LogP contribution in [0.25, 0.3) is 0 Å². The standard InChI is InChI=1S/C12H15N3O4S2/c1-2-10(16)15-6-20-5-8(15)11(17)13-3-9-14-7(4-21-9)12(18)19/h4,8H,2-3,5-6H2,1H3,(H,13,17)(H,18,19). The predicted molar refractivity (Wildman–Crippen MR) is 79.2 cm³/mol. The molecule has 114 valence electrons. The second-order valence-corrected chi connectivity index (χ2v) is 6.32. The molecule has 9 heteroatoms. The molecule has 1 atom stereocenters. The topological polar surface area (TPSA) is 99.6 Å². The van der Waals surface area contributed by atoms with E-state index in [-0.39, 0.29) is 24.1 Å². The van der Waals surface area contributed by atoms with Gasteiger partial charge in [-0.15, -0.1) is 23.1 Å². The first kappa shape index (κ1) is 15.8. The van der Waals surface area contributed by atoms with Crippen molar-refractivity contribution in [1.82, 2.24) is 15.2 Å². The second-order valence-electron chi connectivity index (χ2n) is 4.38. The first-order chi connectivity index (χ1) is 10.0. The fourth-order valence-corrected chi connectivity index (χ4v) is 3.77. The van der Waals surface area contributed by atoms with E-state index in [9.17, 15) is 14.4 Å². The van der Waals surface area contributed by atoms with E-state index in [0.717, 1.165) is 0 Å². The Morgan fingerprint density at radius 1 is 1.52 bits per heavy atom. The molecule has 0 aromatic carbocycles. The zero-order chi connectivity index (χ0) is 15.4. The highest BCUT2D eigenvalue weighted by Gasteiger charge is 2.33. The molecule has 1 aliphatic rings. The number of aromatic carboxylic acids is 1. The summed E-state index contributed by atoms with van der Waals surface area (Å²) in [5.74, 6) is -0.242. The molecule has 1 aromatic rings. The van der Waals surface area contributed by atoms with Crippen LogP contribution in [0.4, 0.5) is 0 Å². The van der Waals surface area contributed by atoms with Crippen molar-refractivity contribution in [3.63, 3.8) is 0 Å². The number of carboxylic acid groups (broad SMARTS) is 1. The summed E-state index contributed by atoms with van der Waals surface area (Å²) >= 11 is 2.73. The van der Waals surface area contributed by atoms with Gasteiger partial charge in [0.05, 0.1) is 12.4 Å². The molecule has 21 heavy (non-hydrogen) atoms. The summed E-state index contributed by atoms with van der Waals surface area (Å²) in [5.41, 5.74) is -0.0246. The molecule has 0 bridgehead atoms. The van der Waals surface area contributed by atoms with Crippen LogP contribution in [0.15, 0.2) is 5.38 Å². The van der Waals surface area contributed by atoms with Crippen LogP contribution in [0.5, 0.6) is 0 Å². The van der Waals surface area contributed by atoms with E-state index in [1.54, 1.807) is 23.6 Å². The zero-order valence-electron chi connectivity index (χ0n) is 11.4. The van der Waals surface area contributed by atoms with Crippen LogP contribution in [-0.4, -0.2) is 50.4 Å². The molecule has 0 spiro atoms. The SMILES string of the molecule is CCC(=O)N1CSCC1C(=O)NCc1nc(C(=O)O)cs1. The predicted octanol–water partition coefficient (Wildman–Crippen LogP) is 0.769. The smallest absolute Gasteiger partial charge is 0.355 e. The number of thiazole rings is 1. The van der Waals surface area contributed by atoms with Crippen molar-refractivity contribution in [2.24, 2.45) is 0 Å². The summed E-state index contributed by atoms with van der Waals surface area (Å²) in [5, 5.41) is 13.5. The minimum absolute atomic E-state index is 0.0246. The van der Waals surface area contributed by atoms with Crippen LogP contribution in [0.3, 0.4) is 0 Å². The molecule has 1 aromatic heterocycles. The molecule has 0 aliphatic carbocycles. The van der Waals surface area contributed by atoms with E-state index in [1.165, 1.54) is 16.7 Å². The van der Waals surface area contributed by atoms with Crippen LogP contribution in [0.2, 0.25) is 0 Å². The highest BCUT2D eigenvalue weighted by Crippen LogP contribution is 2.22. The van der Waals surface area contributed by atoms with Crippen molar-refractivity contribution in [2.75, 3.05) is 11.6 Å². The van der Waals surface area contributed by atoms with Gasteiger partial charge in [-0.05, 0) is 0 Å². The molecule has 0 saturated carbocycles. The number of thioether (sulfide) groups is 1. The van der Waals surface area contributed by atoms with E-state index >= 15 is 0 Å². The number of hydrogen-bond donors (Lipinski definition) is 2. The Morgan fingerprint density at radius 2 is 2.29 bits per heavy atom. The van der Waals surface area contributed by atoms with Crippen LogP contribution in [-0.2, 0) is 16.1 Å². The lowest BCUT2D eigenvalue weighted by Crippen LogP contribution is -2.46. The quantitative estimate of drug-likeness (QED) is 0.828. The summed E-state index contributed by atoms with van der Waals surface area (Å²) < 4.78 is 0. The van der Waals surface area contributed by atoms with E-state index in [0.29, 0.717) is 23.1 Å². The molecular weight excluding hydrogens is 314 g/mol. The van der Waals surface area contributed by atoms with Gasteiger partial charge >= 0.3 is 5.97 Å². The number of nitrogens with zero attached hydrogens (tertiary/aromatic N) is 2. The average Bonchev–Trinajstić information content (AvgIpc) is 3.12. The van der Waals surface area contributed by atoms with Crippen molar-refractivity contribution in [3.8, 4) is 0 Å². The van der Waals surface area contributed by atoms with Gasteiger partial charge in [-0.2, -0.15) is 0 Å². The number of aromatic nitrogens is 1. The molecule has 2 rings (SSSR count). The lowest BCUT2D eigenvalue weighted by atomic mass is 10.2. The maximum absolute atomic E-state index is 12.1. The fraction of sp³-hybridized carbons (Fsp3) is 0.500. The molecule has 2 N–H and O–H groups in total. The third kappa shape index (κ3) is 3.73. The van der Waals surface area contributed by atoms with Crippen LogP contribution in [0, 0.1) is 0 Å². The van der Waals surface area contributed by atoms with Gasteiger partial charge < -0.3 is 15.3 Å². The van der Waals surface area contributed by atoms with Crippen LogP contribution in [0.1, 0.15) is 28.8 Å². The van der Waals surface area contributed by atoms with E-state index < -0.39 is 12.0 Å². The van der Waals surface area contributed by atoms with Gasteiger partial charge in [0.2, 0.25) is 11.8 Å². The summed E-state index contributed by atoms with van der Waals surface area (Å²) in [6, 6.07) is -0.457. The Kier molecular flexibility index (Phi) is 5.18. The summed E-state index contributed by atoms with van der Waals surface area (Å²) in [4.78, 5) is 40.1. The van der Waals surface area contributed by atoms with Gasteiger partial charge in [0.1, 0.15) is 11.0 Å². The van der Waals surface area contributed by atoms with E-state index in [1.807, 2.05) is 0 Å². The molecular formula is C12H15N3O4S2. The van der Waals surface area contributed by atoms with Gasteiger partial charge in [-0.3, -0.25) is 9.59 Å². The minimum atomic E-state index is -1.09. The molecule has 1 fully saturated rings. The zero-order valence-corrected chi connectivity index (χ0v) is 13.0. The lowest BCUT2D eigenvalue weighted by Gasteiger charge is -2.22. The van der Waals surface area contributed by atoms with Crippen molar-refractivity contribution >= 4 is 40.9 Å². The number of rotatable bonds is 5. The number of amides is 2. The number of hydrogen-bond acceptors (Lipinski definition) is 6. The summed E-state index contributed by atoms with van der Waals surface area (Å²) in [6.07, 6.45) is 0.374. The normalized spacial score (nSPS) is 17.8. The van der Waals surface area contributed by atoms with E-state index in [2.05, 4.69) is 10.3 Å². The minimum Gasteiger partial charge on any atom is -0.476 e. The third-order valence-corrected chi connectivity index (χ3v) is 4.85. The average molecular weight is 329 g/mol. The fourth-order valence-electron chi connectivity index (χ4n) is 1.88. The number of carbonyl (C=O) groups excluding carboxylic acids is 2. The monoisotopic (exact) mass is 329 g/mol. The summed E-state index contributed by atoms with van der Waals surface area (Å²) in [7, 11) is 0. The Hall–Kier alpha value is -1.61. The maximum Gasteiger partial charge on any atom is 0.355 e. The number of nitrogens with one attached hydrogen (secondary N) is 1. The Morgan fingerprint density at radius 3 is 2.90 bits per heavy atom. The summed E-state index contributed by atoms with van der Waals surface area (Å²) in [6.45, 7) is 1.94. The highest BCUT2D eigenvalue weighted by atomic mass is 32.2. The molecule has 7 nitrogen and oxygen atoms in total. The van der Waals surface area contributed by atoms with Gasteiger partial charge in [-0.25, -0.2) is 9.78 Å². The molecule has 1 saturated heterocycles. The van der Waals surface area contributed by atoms with Crippen LogP contribution < -0.4 is 5.32 Å². The Bertz CT molecular complexity index is 560. The van der Waals surface area contributed by atoms with E-state index in [4.69, 9.17) is 5.11 Å². The largest absolute Gasteiger partial charge is 0.476 e. The molecule has 0 radical (unpaired) electrons. The molecule has 2 heterocycles. The van der Waals surface area contributed by atoms with Gasteiger partial charge in [-0.1, -0.05) is 6.92 Å². The lowest BCUT2D eigenvalue weighted by molar-refractivity contribution is -0.137. The Labute approximate surface area is 129 Å². The first-order valence-electron chi connectivity index (χ1n) is 6.35. The highest BCUT2D eigenvalue weighted by molar-refractivity contribution is 7.99. The maximum atomic E-state index is 12.1. The third-order valence-electron chi connectivity index (χ3n) is 2.99. The first-order valence-corrected chi connectivity index (χ1v) is 8.39. The van der Waals surface area contributed by atoms with Crippen molar-refractivity contribution < 1.29 is 19.5 Å². The molecule has 1 unspecified atom stereocenters. The van der Waals surface area contributed by atoms with Crippen molar-refractivity contribution in [2.45, 2.75) is 25.9 Å². The van der Waals surface area contributed by atoms with Gasteiger partial charge in [0.15, 0.2) is 5.69 Å². The van der Waals surface area contributed by atoms with Gasteiger partial charge in [0.25, 0.3) is 0 Å². The number of carboxylic acids is 1. The van der Waals surface area contributed by atoms with Gasteiger partial charge in [0, 0.05) is 17.6 Å². The molecule has 1 aliphatic heterocycles. The number of carbonyl (C=O) groups is 3. The van der Waals surface area contributed by atoms with Crippen molar-refractivity contribution in [3.05, 3.63) is 16.1 Å². The Balaban J connectivity index is 1.91.